The molecule has 3 amide bonds. The van der Waals surface area contributed by atoms with E-state index in [1.807, 2.05) is 24.0 Å². The predicted octanol–water partition coefficient (Wildman–Crippen LogP) is 2.50. The van der Waals surface area contributed by atoms with Crippen molar-refractivity contribution in [1.82, 2.24) is 20.7 Å². The standard InChI is InChI=1S/C20H22N4O3/c1-11-17(18(22-20(26)21-11)16-12(2)23-27-13(16)3)19(25)24-9-8-14-6-4-5-7-15(14)10-24/h4-7,18H,8-10H2,1-3H3,(H2,21,22,26). The van der Waals surface area contributed by atoms with E-state index in [-0.39, 0.29) is 11.9 Å². The van der Waals surface area contributed by atoms with Crippen LogP contribution in [0, 0.1) is 13.8 Å². The zero-order chi connectivity index (χ0) is 19.1. The highest BCUT2D eigenvalue weighted by Gasteiger charge is 2.37. The van der Waals surface area contributed by atoms with Crippen LogP contribution in [0.25, 0.3) is 0 Å². The summed E-state index contributed by atoms with van der Waals surface area (Å²) in [5.41, 5.74) is 4.95. The number of allylic oxidation sites excluding steroid dienone is 1. The van der Waals surface area contributed by atoms with E-state index in [1.165, 1.54) is 5.56 Å². The topological polar surface area (TPSA) is 87.5 Å². The smallest absolute Gasteiger partial charge is 0.319 e. The first-order valence-electron chi connectivity index (χ1n) is 9.03. The van der Waals surface area contributed by atoms with Crippen LogP contribution in [-0.4, -0.2) is 28.5 Å². The van der Waals surface area contributed by atoms with Gasteiger partial charge in [0.25, 0.3) is 5.91 Å². The Morgan fingerprint density at radius 2 is 1.96 bits per heavy atom. The number of hydrogen-bond donors (Lipinski definition) is 2. The van der Waals surface area contributed by atoms with Gasteiger partial charge in [-0.15, -0.1) is 0 Å². The van der Waals surface area contributed by atoms with E-state index < -0.39 is 6.04 Å². The third-order valence-corrected chi connectivity index (χ3v) is 5.29. The Hall–Kier alpha value is -3.09. The van der Waals surface area contributed by atoms with Gasteiger partial charge in [-0.2, -0.15) is 0 Å². The molecule has 0 saturated carbocycles. The molecular formula is C20H22N4O3. The first-order valence-corrected chi connectivity index (χ1v) is 9.03. The molecule has 0 fully saturated rings. The zero-order valence-corrected chi connectivity index (χ0v) is 15.6. The lowest BCUT2D eigenvalue weighted by molar-refractivity contribution is -0.128. The molecule has 1 atom stereocenters. The lowest BCUT2D eigenvalue weighted by atomic mass is 9.92. The number of carbonyl (C=O) groups excluding carboxylic acids is 2. The SMILES string of the molecule is CC1=C(C(=O)N2CCc3ccccc3C2)C(c2c(C)noc2C)NC(=O)N1. The second-order valence-electron chi connectivity index (χ2n) is 7.05. The van der Waals surface area contributed by atoms with Crippen LogP contribution in [-0.2, 0) is 17.8 Å². The molecule has 4 rings (SSSR count). The van der Waals surface area contributed by atoms with Crippen LogP contribution in [0.4, 0.5) is 4.79 Å². The maximum atomic E-state index is 13.4. The second kappa shape index (κ2) is 6.57. The number of aromatic nitrogens is 1. The number of nitrogens with zero attached hydrogens (tertiary/aromatic N) is 2. The fraction of sp³-hybridized carbons (Fsp3) is 0.350. The molecule has 27 heavy (non-hydrogen) atoms. The Labute approximate surface area is 157 Å². The molecule has 0 bridgehead atoms. The maximum absolute atomic E-state index is 13.4. The molecule has 0 saturated heterocycles. The third-order valence-electron chi connectivity index (χ3n) is 5.29. The van der Waals surface area contributed by atoms with Crippen molar-refractivity contribution < 1.29 is 14.1 Å². The Morgan fingerprint density at radius 1 is 1.22 bits per heavy atom. The summed E-state index contributed by atoms with van der Waals surface area (Å²) in [6.45, 7) is 6.57. The molecule has 7 heteroatoms. The first kappa shape index (κ1) is 17.3. The summed E-state index contributed by atoms with van der Waals surface area (Å²) in [7, 11) is 0. The van der Waals surface area contributed by atoms with Crippen molar-refractivity contribution in [3.63, 3.8) is 0 Å². The van der Waals surface area contributed by atoms with Crippen molar-refractivity contribution in [2.75, 3.05) is 6.54 Å². The molecule has 7 nitrogen and oxygen atoms in total. The van der Waals surface area contributed by atoms with E-state index >= 15 is 0 Å². The van der Waals surface area contributed by atoms with Gasteiger partial charge in [-0.3, -0.25) is 4.79 Å². The predicted molar refractivity (Wildman–Crippen MR) is 98.6 cm³/mol. The summed E-state index contributed by atoms with van der Waals surface area (Å²) >= 11 is 0. The van der Waals surface area contributed by atoms with Crippen LogP contribution in [0.15, 0.2) is 40.1 Å². The number of fused-ring (bicyclic) bond motifs is 1. The molecule has 140 valence electrons. The number of hydrogen-bond acceptors (Lipinski definition) is 4. The monoisotopic (exact) mass is 366 g/mol. The first-order chi connectivity index (χ1) is 13.0. The molecule has 3 heterocycles. The number of rotatable bonds is 2. The van der Waals surface area contributed by atoms with Crippen LogP contribution in [0.3, 0.4) is 0 Å². The van der Waals surface area contributed by atoms with Crippen molar-refractivity contribution in [3.05, 3.63) is 63.7 Å². The molecule has 1 aromatic carbocycles. The summed E-state index contributed by atoms with van der Waals surface area (Å²) in [6.07, 6.45) is 0.823. The fourth-order valence-corrected chi connectivity index (χ4v) is 3.94. The largest absolute Gasteiger partial charge is 0.361 e. The minimum absolute atomic E-state index is 0.0838. The molecule has 2 aromatic rings. The molecule has 0 spiro atoms. The minimum Gasteiger partial charge on any atom is -0.361 e. The van der Waals surface area contributed by atoms with Gasteiger partial charge in [0.15, 0.2) is 0 Å². The average Bonchev–Trinajstić information content (AvgIpc) is 2.98. The molecule has 1 aromatic heterocycles. The van der Waals surface area contributed by atoms with Crippen molar-refractivity contribution in [2.24, 2.45) is 0 Å². The average molecular weight is 366 g/mol. The number of carbonyl (C=O) groups is 2. The molecule has 2 aliphatic rings. The molecule has 2 aliphatic heterocycles. The minimum atomic E-state index is -0.574. The maximum Gasteiger partial charge on any atom is 0.319 e. The summed E-state index contributed by atoms with van der Waals surface area (Å²) in [6, 6.07) is 7.27. The highest BCUT2D eigenvalue weighted by molar-refractivity contribution is 5.98. The van der Waals surface area contributed by atoms with Gasteiger partial charge >= 0.3 is 6.03 Å². The van der Waals surface area contributed by atoms with Crippen molar-refractivity contribution >= 4 is 11.9 Å². The van der Waals surface area contributed by atoms with E-state index in [9.17, 15) is 9.59 Å². The van der Waals surface area contributed by atoms with E-state index in [4.69, 9.17) is 4.52 Å². The summed E-state index contributed by atoms with van der Waals surface area (Å²) in [4.78, 5) is 27.4. The van der Waals surface area contributed by atoms with Crippen LogP contribution < -0.4 is 10.6 Å². The fourth-order valence-electron chi connectivity index (χ4n) is 3.94. The van der Waals surface area contributed by atoms with Gasteiger partial charge < -0.3 is 20.1 Å². The lowest BCUT2D eigenvalue weighted by Gasteiger charge is -2.34. The van der Waals surface area contributed by atoms with E-state index in [1.54, 1.807) is 13.8 Å². The van der Waals surface area contributed by atoms with Crippen LogP contribution in [0.5, 0.6) is 0 Å². The number of urea groups is 1. The highest BCUT2D eigenvalue weighted by Crippen LogP contribution is 2.33. The van der Waals surface area contributed by atoms with Crippen LogP contribution in [0.1, 0.15) is 41.1 Å². The van der Waals surface area contributed by atoms with Crippen LogP contribution >= 0.6 is 0 Å². The van der Waals surface area contributed by atoms with E-state index in [2.05, 4.69) is 27.9 Å². The number of aryl methyl sites for hydroxylation is 2. The van der Waals surface area contributed by atoms with Gasteiger partial charge in [0, 0.05) is 24.4 Å². The van der Waals surface area contributed by atoms with Gasteiger partial charge in [0.2, 0.25) is 0 Å². The van der Waals surface area contributed by atoms with Gasteiger partial charge in [-0.25, -0.2) is 4.79 Å². The number of nitrogens with one attached hydrogen (secondary N) is 2. The Balaban J connectivity index is 1.70. The number of amides is 3. The van der Waals surface area contributed by atoms with Gasteiger partial charge in [-0.05, 0) is 38.3 Å². The third kappa shape index (κ3) is 2.99. The van der Waals surface area contributed by atoms with Gasteiger partial charge in [-0.1, -0.05) is 29.4 Å². The summed E-state index contributed by atoms with van der Waals surface area (Å²) < 4.78 is 5.27. The number of benzene rings is 1. The van der Waals surface area contributed by atoms with Crippen LogP contribution in [0.2, 0.25) is 0 Å². The molecule has 2 N–H and O–H groups in total. The van der Waals surface area contributed by atoms with Crippen molar-refractivity contribution in [1.29, 1.82) is 0 Å². The Kier molecular flexibility index (Phi) is 4.22. The second-order valence-corrected chi connectivity index (χ2v) is 7.05. The van der Waals surface area contributed by atoms with E-state index in [0.717, 1.165) is 17.5 Å². The van der Waals surface area contributed by atoms with E-state index in [0.29, 0.717) is 35.8 Å². The molecule has 0 aliphatic carbocycles. The van der Waals surface area contributed by atoms with Gasteiger partial charge in [0.1, 0.15) is 5.76 Å². The summed E-state index contributed by atoms with van der Waals surface area (Å²) in [5.74, 6) is 0.515. The summed E-state index contributed by atoms with van der Waals surface area (Å²) in [5, 5.41) is 9.58. The molecule has 0 radical (unpaired) electrons. The Morgan fingerprint density at radius 3 is 2.67 bits per heavy atom. The zero-order valence-electron chi connectivity index (χ0n) is 15.6. The highest BCUT2D eigenvalue weighted by atomic mass is 16.5. The molecule has 1 unspecified atom stereocenters. The van der Waals surface area contributed by atoms with Crippen molar-refractivity contribution in [2.45, 2.75) is 39.8 Å². The Bertz CT molecular complexity index is 940. The quantitative estimate of drug-likeness (QED) is 0.855. The normalized spacial score (nSPS) is 19.4. The van der Waals surface area contributed by atoms with Gasteiger partial charge in [0.05, 0.1) is 17.3 Å². The van der Waals surface area contributed by atoms with Crippen molar-refractivity contribution in [3.8, 4) is 0 Å². The molecular weight excluding hydrogens is 344 g/mol. The lowest BCUT2D eigenvalue weighted by Crippen LogP contribution is -2.48.